The van der Waals surface area contributed by atoms with Crippen molar-refractivity contribution < 1.29 is 8.78 Å². The first-order valence-corrected chi connectivity index (χ1v) is 6.82. The number of benzene rings is 1. The second kappa shape index (κ2) is 5.32. The molecule has 1 N–H and O–H groups in total. The number of aromatic nitrogens is 2. The highest BCUT2D eigenvalue weighted by Gasteiger charge is 2.21. The van der Waals surface area contributed by atoms with E-state index in [0.29, 0.717) is 6.04 Å². The molecule has 0 radical (unpaired) electrons. The van der Waals surface area contributed by atoms with Crippen LogP contribution < -0.4 is 5.32 Å². The van der Waals surface area contributed by atoms with Gasteiger partial charge in [0.2, 0.25) is 0 Å². The molecule has 0 saturated heterocycles. The molecular weight excluding hydrogens is 260 g/mol. The van der Waals surface area contributed by atoms with Crippen molar-refractivity contribution in [3.8, 4) is 0 Å². The van der Waals surface area contributed by atoms with E-state index in [4.69, 9.17) is 0 Å². The van der Waals surface area contributed by atoms with Crippen molar-refractivity contribution in [3.05, 3.63) is 52.9 Å². The molecule has 1 aromatic heterocycles. The van der Waals surface area contributed by atoms with Gasteiger partial charge in [0.05, 0.1) is 12.7 Å². The molecule has 1 saturated carbocycles. The van der Waals surface area contributed by atoms with Gasteiger partial charge in [-0.1, -0.05) is 6.07 Å². The summed E-state index contributed by atoms with van der Waals surface area (Å²) in [6.45, 7) is 2.81. The van der Waals surface area contributed by atoms with E-state index in [1.165, 1.54) is 31.0 Å². The summed E-state index contributed by atoms with van der Waals surface area (Å²) < 4.78 is 28.9. The molecule has 3 rings (SSSR count). The van der Waals surface area contributed by atoms with E-state index in [1.54, 1.807) is 10.9 Å². The summed E-state index contributed by atoms with van der Waals surface area (Å²) in [5.41, 5.74) is 2.08. The fraction of sp³-hybridized carbons (Fsp3) is 0.400. The van der Waals surface area contributed by atoms with Gasteiger partial charge in [-0.05, 0) is 31.9 Å². The molecule has 20 heavy (non-hydrogen) atoms. The zero-order chi connectivity index (χ0) is 14.1. The first kappa shape index (κ1) is 13.2. The standard InChI is InChI=1S/C15H17F2N3/c1-10-11(7-18-12-5-6-12)8-19-20(10)9-13-14(16)3-2-4-15(13)17/h2-4,8,12,18H,5-7,9H2,1H3. The van der Waals surface area contributed by atoms with Gasteiger partial charge < -0.3 is 5.32 Å². The Morgan fingerprint density at radius 3 is 2.65 bits per heavy atom. The quantitative estimate of drug-likeness (QED) is 0.910. The minimum Gasteiger partial charge on any atom is -0.310 e. The van der Waals surface area contributed by atoms with E-state index >= 15 is 0 Å². The third-order valence-electron chi connectivity index (χ3n) is 3.73. The molecule has 2 aromatic rings. The Labute approximate surface area is 116 Å². The highest BCUT2D eigenvalue weighted by Crippen LogP contribution is 2.20. The predicted molar refractivity (Wildman–Crippen MR) is 72.3 cm³/mol. The van der Waals surface area contributed by atoms with Crippen molar-refractivity contribution >= 4 is 0 Å². The molecule has 1 aliphatic rings. The lowest BCUT2D eigenvalue weighted by molar-refractivity contribution is 0.529. The first-order valence-electron chi connectivity index (χ1n) is 6.82. The largest absolute Gasteiger partial charge is 0.310 e. The number of rotatable bonds is 5. The maximum atomic E-state index is 13.6. The Balaban J connectivity index is 1.77. The van der Waals surface area contributed by atoms with Crippen molar-refractivity contribution in [3.63, 3.8) is 0 Å². The van der Waals surface area contributed by atoms with E-state index in [0.717, 1.165) is 17.8 Å². The van der Waals surface area contributed by atoms with Crippen molar-refractivity contribution in [2.75, 3.05) is 0 Å². The van der Waals surface area contributed by atoms with Crippen LogP contribution in [-0.2, 0) is 13.1 Å². The van der Waals surface area contributed by atoms with Crippen LogP contribution in [0.25, 0.3) is 0 Å². The minimum absolute atomic E-state index is 0.0559. The third kappa shape index (κ3) is 2.72. The maximum Gasteiger partial charge on any atom is 0.131 e. The number of halogens is 2. The Hall–Kier alpha value is -1.75. The molecule has 0 bridgehead atoms. The number of nitrogens with zero attached hydrogens (tertiary/aromatic N) is 2. The van der Waals surface area contributed by atoms with E-state index in [-0.39, 0.29) is 12.1 Å². The zero-order valence-electron chi connectivity index (χ0n) is 11.4. The van der Waals surface area contributed by atoms with Gasteiger partial charge in [-0.25, -0.2) is 8.78 Å². The highest BCUT2D eigenvalue weighted by molar-refractivity contribution is 5.22. The van der Waals surface area contributed by atoms with Crippen LogP contribution in [0.4, 0.5) is 8.78 Å². The fourth-order valence-electron chi connectivity index (χ4n) is 2.19. The molecule has 0 atom stereocenters. The molecule has 1 aliphatic carbocycles. The normalized spacial score (nSPS) is 14.8. The van der Waals surface area contributed by atoms with Gasteiger partial charge in [0.15, 0.2) is 0 Å². The second-order valence-electron chi connectivity index (χ2n) is 5.27. The van der Waals surface area contributed by atoms with E-state index in [9.17, 15) is 8.78 Å². The van der Waals surface area contributed by atoms with Crippen LogP contribution in [0.1, 0.15) is 29.7 Å². The Kier molecular flexibility index (Phi) is 3.53. The summed E-state index contributed by atoms with van der Waals surface area (Å²) in [4.78, 5) is 0. The van der Waals surface area contributed by atoms with Gasteiger partial charge in [0, 0.05) is 29.4 Å². The van der Waals surface area contributed by atoms with Crippen LogP contribution >= 0.6 is 0 Å². The molecule has 0 unspecified atom stereocenters. The van der Waals surface area contributed by atoms with Gasteiger partial charge in [0.25, 0.3) is 0 Å². The average molecular weight is 277 g/mol. The lowest BCUT2D eigenvalue weighted by atomic mass is 10.2. The smallest absolute Gasteiger partial charge is 0.131 e. The molecular formula is C15H17F2N3. The Morgan fingerprint density at radius 1 is 1.30 bits per heavy atom. The molecule has 5 heteroatoms. The SMILES string of the molecule is Cc1c(CNC2CC2)cnn1Cc1c(F)cccc1F. The molecule has 0 spiro atoms. The third-order valence-corrected chi connectivity index (χ3v) is 3.73. The molecule has 1 aromatic carbocycles. The highest BCUT2D eigenvalue weighted by atomic mass is 19.1. The van der Waals surface area contributed by atoms with Gasteiger partial charge >= 0.3 is 0 Å². The van der Waals surface area contributed by atoms with Crippen LogP contribution in [0.5, 0.6) is 0 Å². The summed E-state index contributed by atoms with van der Waals surface area (Å²) in [5.74, 6) is -1.06. The molecule has 1 heterocycles. The molecule has 1 fully saturated rings. The van der Waals surface area contributed by atoms with Crippen molar-refractivity contribution in [1.82, 2.24) is 15.1 Å². The molecule has 106 valence electrons. The molecule has 3 nitrogen and oxygen atoms in total. The van der Waals surface area contributed by atoms with Crippen LogP contribution in [0, 0.1) is 18.6 Å². The van der Waals surface area contributed by atoms with Crippen molar-refractivity contribution in [1.29, 1.82) is 0 Å². The first-order chi connectivity index (χ1) is 9.65. The van der Waals surface area contributed by atoms with Crippen LogP contribution in [-0.4, -0.2) is 15.8 Å². The van der Waals surface area contributed by atoms with Gasteiger partial charge in [-0.3, -0.25) is 4.68 Å². The molecule has 0 amide bonds. The number of nitrogens with one attached hydrogen (secondary N) is 1. The number of hydrogen-bond acceptors (Lipinski definition) is 2. The average Bonchev–Trinajstić information content (AvgIpc) is 3.18. The van der Waals surface area contributed by atoms with Crippen molar-refractivity contribution in [2.45, 2.75) is 38.9 Å². The zero-order valence-corrected chi connectivity index (χ0v) is 11.4. The van der Waals surface area contributed by atoms with E-state index < -0.39 is 11.6 Å². The lowest BCUT2D eigenvalue weighted by Gasteiger charge is -2.08. The topological polar surface area (TPSA) is 29.9 Å². The Bertz CT molecular complexity index is 597. The van der Waals surface area contributed by atoms with Gasteiger partial charge in [0.1, 0.15) is 11.6 Å². The fourth-order valence-corrected chi connectivity index (χ4v) is 2.19. The Morgan fingerprint density at radius 2 is 2.00 bits per heavy atom. The van der Waals surface area contributed by atoms with Crippen LogP contribution in [0.2, 0.25) is 0 Å². The van der Waals surface area contributed by atoms with Crippen molar-refractivity contribution in [2.24, 2.45) is 0 Å². The lowest BCUT2D eigenvalue weighted by Crippen LogP contribution is -2.16. The van der Waals surface area contributed by atoms with Gasteiger partial charge in [-0.2, -0.15) is 5.10 Å². The van der Waals surface area contributed by atoms with Crippen LogP contribution in [0.3, 0.4) is 0 Å². The van der Waals surface area contributed by atoms with E-state index in [1.807, 2.05) is 6.92 Å². The van der Waals surface area contributed by atoms with Gasteiger partial charge in [-0.15, -0.1) is 0 Å². The monoisotopic (exact) mass is 277 g/mol. The molecule has 0 aliphatic heterocycles. The summed E-state index contributed by atoms with van der Waals surface area (Å²) >= 11 is 0. The van der Waals surface area contributed by atoms with Crippen LogP contribution in [0.15, 0.2) is 24.4 Å². The predicted octanol–water partition coefficient (Wildman–Crippen LogP) is 2.77. The summed E-state index contributed by atoms with van der Waals surface area (Å²) in [7, 11) is 0. The summed E-state index contributed by atoms with van der Waals surface area (Å²) in [5, 5.41) is 7.65. The number of hydrogen-bond donors (Lipinski definition) is 1. The second-order valence-corrected chi connectivity index (χ2v) is 5.27. The maximum absolute atomic E-state index is 13.6. The van der Waals surface area contributed by atoms with E-state index in [2.05, 4.69) is 10.4 Å². The summed E-state index contributed by atoms with van der Waals surface area (Å²) in [6.07, 6.45) is 4.23. The summed E-state index contributed by atoms with van der Waals surface area (Å²) in [6, 6.07) is 4.54. The minimum atomic E-state index is -0.530.